The summed E-state index contributed by atoms with van der Waals surface area (Å²) in [6.45, 7) is 13.9. The third-order valence-corrected chi connectivity index (χ3v) is 11.3. The Hall–Kier alpha value is -1.87. The lowest BCUT2D eigenvalue weighted by molar-refractivity contribution is -0.301. The van der Waals surface area contributed by atoms with Crippen LogP contribution in [-0.4, -0.2) is 118 Å². The number of oxime groups is 1. The van der Waals surface area contributed by atoms with Gasteiger partial charge in [0.1, 0.15) is 24.4 Å². The van der Waals surface area contributed by atoms with Gasteiger partial charge in [0, 0.05) is 41.5 Å². The SMILES string of the molecule is CC[C@H]1OC(=O)[C@H](C)[C@@H](O)[C@H](C)[C@@H](O[C@@H]2O[C@H](C)C[C@H](N(C)C)[C@H]2O)[C@](C)(OC)C[C@@H](C)/C(=N\OCc2ccccc2Cl)[C@H](C)[C@@H](O)[C@]1(C)O. The predicted molar refractivity (Wildman–Crippen MR) is 190 cm³/mol. The van der Waals surface area contributed by atoms with Crippen molar-refractivity contribution in [1.82, 2.24) is 4.90 Å². The van der Waals surface area contributed by atoms with Crippen molar-refractivity contribution in [3.05, 3.63) is 34.9 Å². The summed E-state index contributed by atoms with van der Waals surface area (Å²) >= 11 is 6.37. The molecule has 14 atom stereocenters. The Morgan fingerprint density at radius 2 is 1.68 bits per heavy atom. The second-order valence-corrected chi connectivity index (χ2v) is 15.5. The number of halogens is 1. The lowest BCUT2D eigenvalue weighted by Gasteiger charge is -2.48. The molecule has 0 amide bonds. The van der Waals surface area contributed by atoms with Crippen molar-refractivity contribution < 1.29 is 49.0 Å². The number of hydrogen-bond donors (Lipinski definition) is 4. The normalized spacial score (nSPS) is 41.9. The van der Waals surface area contributed by atoms with Crippen LogP contribution < -0.4 is 0 Å². The van der Waals surface area contributed by atoms with Gasteiger partial charge in [0.25, 0.3) is 0 Å². The molecule has 2 saturated heterocycles. The van der Waals surface area contributed by atoms with E-state index in [-0.39, 0.29) is 31.6 Å². The minimum absolute atomic E-state index is 0.0564. The Balaban J connectivity index is 2.15. The van der Waals surface area contributed by atoms with Crippen molar-refractivity contribution in [3.63, 3.8) is 0 Å². The third-order valence-electron chi connectivity index (χ3n) is 10.9. The van der Waals surface area contributed by atoms with Crippen LogP contribution in [0.4, 0.5) is 0 Å². The van der Waals surface area contributed by atoms with Gasteiger partial charge in [0.2, 0.25) is 0 Å². The monoisotopic (exact) mass is 728 g/mol. The van der Waals surface area contributed by atoms with Crippen LogP contribution in [0.3, 0.4) is 0 Å². The molecule has 0 radical (unpaired) electrons. The molecule has 0 saturated carbocycles. The van der Waals surface area contributed by atoms with E-state index in [9.17, 15) is 25.2 Å². The Morgan fingerprint density at radius 3 is 2.26 bits per heavy atom. The van der Waals surface area contributed by atoms with Crippen LogP contribution in [0.1, 0.15) is 80.2 Å². The van der Waals surface area contributed by atoms with Crippen LogP contribution in [0.5, 0.6) is 0 Å². The average Bonchev–Trinajstić information content (AvgIpc) is 3.07. The summed E-state index contributed by atoms with van der Waals surface area (Å²) in [6, 6.07) is 6.98. The molecule has 2 fully saturated rings. The molecule has 2 heterocycles. The first-order valence-corrected chi connectivity index (χ1v) is 18.1. The van der Waals surface area contributed by atoms with Gasteiger partial charge in [0.15, 0.2) is 6.29 Å². The number of esters is 1. The first-order valence-electron chi connectivity index (χ1n) is 17.7. The summed E-state index contributed by atoms with van der Waals surface area (Å²) in [4.78, 5) is 21.4. The first-order chi connectivity index (χ1) is 23.3. The maximum Gasteiger partial charge on any atom is 0.311 e. The molecule has 13 heteroatoms. The topological polar surface area (TPSA) is 160 Å². The van der Waals surface area contributed by atoms with Crippen LogP contribution in [0, 0.1) is 23.7 Å². The summed E-state index contributed by atoms with van der Waals surface area (Å²) in [7, 11) is 5.30. The van der Waals surface area contributed by atoms with Crippen LogP contribution in [0.15, 0.2) is 29.4 Å². The number of ether oxygens (including phenoxy) is 4. The van der Waals surface area contributed by atoms with E-state index in [0.717, 1.165) is 0 Å². The zero-order valence-electron chi connectivity index (χ0n) is 31.6. The van der Waals surface area contributed by atoms with Gasteiger partial charge in [0.05, 0.1) is 41.6 Å². The number of carbonyl (C=O) groups is 1. The summed E-state index contributed by atoms with van der Waals surface area (Å²) in [5.41, 5.74) is -1.93. The van der Waals surface area contributed by atoms with Gasteiger partial charge in [-0.1, -0.05) is 62.7 Å². The highest BCUT2D eigenvalue weighted by atomic mass is 35.5. The molecule has 1 aromatic carbocycles. The molecule has 0 aliphatic carbocycles. The summed E-state index contributed by atoms with van der Waals surface area (Å²) in [6.07, 6.45) is -6.04. The fourth-order valence-electron chi connectivity index (χ4n) is 7.56. The molecule has 3 rings (SSSR count). The van der Waals surface area contributed by atoms with Gasteiger partial charge in [-0.2, -0.15) is 0 Å². The molecule has 2 aliphatic rings. The van der Waals surface area contributed by atoms with Crippen molar-refractivity contribution in [3.8, 4) is 0 Å². The Bertz CT molecular complexity index is 1280. The van der Waals surface area contributed by atoms with Crippen LogP contribution in [0.2, 0.25) is 5.02 Å². The maximum absolute atomic E-state index is 13.6. The lowest BCUT2D eigenvalue weighted by atomic mass is 9.73. The molecular formula is C37H61ClN2O10. The second-order valence-electron chi connectivity index (χ2n) is 15.1. The molecule has 1 aromatic rings. The number of aliphatic hydroxyl groups is 4. The number of hydrogen-bond acceptors (Lipinski definition) is 12. The lowest BCUT2D eigenvalue weighted by Crippen LogP contribution is -2.60. The van der Waals surface area contributed by atoms with E-state index in [1.54, 1.807) is 33.8 Å². The smallest absolute Gasteiger partial charge is 0.311 e. The van der Waals surface area contributed by atoms with E-state index in [4.69, 9.17) is 35.4 Å². The highest BCUT2D eigenvalue weighted by molar-refractivity contribution is 6.31. The molecule has 286 valence electrons. The van der Waals surface area contributed by atoms with Crippen molar-refractivity contribution in [2.45, 2.75) is 141 Å². The van der Waals surface area contributed by atoms with Gasteiger partial charge in [-0.15, -0.1) is 0 Å². The number of nitrogens with zero attached hydrogens (tertiary/aromatic N) is 2. The van der Waals surface area contributed by atoms with Crippen LogP contribution in [0.25, 0.3) is 0 Å². The van der Waals surface area contributed by atoms with E-state index in [1.165, 1.54) is 14.0 Å². The fourth-order valence-corrected chi connectivity index (χ4v) is 7.75. The number of carbonyl (C=O) groups excluding carboxylic acids is 1. The molecule has 2 aliphatic heterocycles. The number of benzene rings is 1. The molecular weight excluding hydrogens is 668 g/mol. The van der Waals surface area contributed by atoms with E-state index < -0.39 is 77.7 Å². The zero-order chi connectivity index (χ0) is 37.7. The first kappa shape index (κ1) is 42.5. The number of rotatable bonds is 8. The number of cyclic esters (lactones) is 1. The Labute approximate surface area is 303 Å². The van der Waals surface area contributed by atoms with Crippen molar-refractivity contribution >= 4 is 23.3 Å². The van der Waals surface area contributed by atoms with E-state index in [0.29, 0.717) is 22.7 Å². The number of likely N-dealkylation sites (N-methyl/N-ethyl adjacent to an activating group) is 1. The molecule has 12 nitrogen and oxygen atoms in total. The fraction of sp³-hybridized carbons (Fsp3) is 0.784. The summed E-state index contributed by atoms with van der Waals surface area (Å²) < 4.78 is 24.9. The van der Waals surface area contributed by atoms with Crippen LogP contribution in [-0.2, 0) is 35.2 Å². The standard InChI is InChI=1S/C37H61ClN2O10/c1-12-28-37(8,45)32(43)22(4)29(39-47-19-25-15-13-14-16-26(25)38)20(2)18-36(7,46-11)33(23(5)30(41)24(6)34(44)49-28)50-35-31(42)27(40(9)10)17-21(3)48-35/h13-16,20-24,27-28,30-33,35,41-43,45H,12,17-19H2,1-11H3/b39-29+/t20-,21-,22+,23+,24-,27+,28-,30+,31-,32-,33-,35+,36-,37-/m1/s1. The van der Waals surface area contributed by atoms with Crippen molar-refractivity contribution in [2.75, 3.05) is 21.2 Å². The van der Waals surface area contributed by atoms with Gasteiger partial charge in [-0.25, -0.2) is 0 Å². The highest BCUT2D eigenvalue weighted by Crippen LogP contribution is 2.39. The number of aliphatic hydroxyl groups excluding tert-OH is 3. The highest BCUT2D eigenvalue weighted by Gasteiger charge is 2.51. The molecule has 0 aromatic heterocycles. The van der Waals surface area contributed by atoms with E-state index in [2.05, 4.69) is 5.16 Å². The quantitative estimate of drug-likeness (QED) is 0.225. The van der Waals surface area contributed by atoms with Gasteiger partial charge >= 0.3 is 5.97 Å². The number of methoxy groups -OCH3 is 1. The van der Waals surface area contributed by atoms with Crippen molar-refractivity contribution in [2.24, 2.45) is 28.8 Å². The zero-order valence-corrected chi connectivity index (χ0v) is 32.3. The minimum atomic E-state index is -1.89. The minimum Gasteiger partial charge on any atom is -0.459 e. The summed E-state index contributed by atoms with van der Waals surface area (Å²) in [5.74, 6) is -3.77. The van der Waals surface area contributed by atoms with E-state index in [1.807, 2.05) is 58.0 Å². The Morgan fingerprint density at radius 1 is 1.04 bits per heavy atom. The molecule has 50 heavy (non-hydrogen) atoms. The predicted octanol–water partition coefficient (Wildman–Crippen LogP) is 4.17. The van der Waals surface area contributed by atoms with Gasteiger partial charge in [-0.05, 0) is 67.1 Å². The van der Waals surface area contributed by atoms with Crippen molar-refractivity contribution in [1.29, 1.82) is 0 Å². The maximum atomic E-state index is 13.6. The molecule has 0 unspecified atom stereocenters. The summed E-state index contributed by atoms with van der Waals surface area (Å²) in [5, 5.41) is 51.7. The molecule has 0 bridgehead atoms. The largest absolute Gasteiger partial charge is 0.459 e. The second kappa shape index (κ2) is 17.8. The van der Waals surface area contributed by atoms with Gasteiger partial charge in [-0.3, -0.25) is 4.79 Å². The van der Waals surface area contributed by atoms with Crippen LogP contribution >= 0.6 is 11.6 Å². The molecule has 0 spiro atoms. The van der Waals surface area contributed by atoms with Gasteiger partial charge < -0.3 is 49.1 Å². The van der Waals surface area contributed by atoms with E-state index >= 15 is 0 Å². The third kappa shape index (κ3) is 9.56. The Kier molecular flexibility index (Phi) is 15.1. The average molecular weight is 729 g/mol. The molecule has 4 N–H and O–H groups in total.